The van der Waals surface area contributed by atoms with Crippen LogP contribution in [-0.4, -0.2) is 11.0 Å². The molecule has 17 heavy (non-hydrogen) atoms. The molecule has 4 heteroatoms. The fourth-order valence-corrected chi connectivity index (χ4v) is 0. The predicted molar refractivity (Wildman–Crippen MR) is 84.5 cm³/mol. The van der Waals surface area contributed by atoms with Crippen molar-refractivity contribution in [3.05, 3.63) is 26.5 Å². The molecule has 0 heterocycles. The molecule has 0 rings (SSSR count). The fourth-order valence-electron chi connectivity index (χ4n) is 0. The van der Waals surface area contributed by atoms with E-state index < -0.39 is 0 Å². The van der Waals surface area contributed by atoms with Crippen LogP contribution in [0.25, 0.3) is 0 Å². The Labute approximate surface area is 116 Å². The van der Waals surface area contributed by atoms with Crippen LogP contribution in [0, 0.1) is 13.3 Å². The molecular formula is C13H32O3S. The van der Waals surface area contributed by atoms with Crippen molar-refractivity contribution >= 4 is 23.2 Å². The Morgan fingerprint density at radius 2 is 0.765 bits per heavy atom. The van der Waals surface area contributed by atoms with Crippen LogP contribution in [-0.2, 0) is 14.1 Å². The first kappa shape index (κ1) is 150. The van der Waals surface area contributed by atoms with Crippen LogP contribution in [0.4, 0.5) is 0 Å². The fraction of sp³-hybridized carbons (Fsp3) is 0.538. The van der Waals surface area contributed by atoms with Gasteiger partial charge in [0.1, 0.15) is 5.94 Å². The second-order valence-corrected chi connectivity index (χ2v) is 0.577. The molecule has 0 amide bonds. The molecule has 0 radical (unpaired) electrons. The number of hydrogen-bond acceptors (Lipinski definition) is 2. The standard InChI is InChI=1S/C2H2O.C2H2S.2CO.7CH4/c2*1-2-3;2*1-2;;;;;;;/h2*1H2;;;7*1H4. The zero-order valence-electron chi connectivity index (χ0n) is 5.05. The normalized spacial score (nSPS) is 1.18. The number of carbonyl (C=O) groups excluding carboxylic acids is 1. The van der Waals surface area contributed by atoms with Crippen molar-refractivity contribution in [2.24, 2.45) is 0 Å². The zero-order chi connectivity index (χ0) is 9.41. The van der Waals surface area contributed by atoms with E-state index in [0.29, 0.717) is 0 Å². The van der Waals surface area contributed by atoms with Gasteiger partial charge < -0.3 is 0 Å². The molecule has 0 fully saturated rings. The van der Waals surface area contributed by atoms with Crippen molar-refractivity contribution in [2.45, 2.75) is 52.0 Å². The Bertz CT molecular complexity index is 119. The maximum atomic E-state index is 8.57. The summed E-state index contributed by atoms with van der Waals surface area (Å²) >= 11 is 4.03. The Morgan fingerprint density at radius 1 is 0.765 bits per heavy atom. The maximum absolute atomic E-state index is 8.57. The quantitative estimate of drug-likeness (QED) is 0.264. The molecular weight excluding hydrogens is 236 g/mol. The minimum absolute atomic E-state index is 0. The van der Waals surface area contributed by atoms with Crippen LogP contribution < -0.4 is 0 Å². The van der Waals surface area contributed by atoms with E-state index in [1.54, 1.807) is 0 Å². The molecule has 0 aromatic heterocycles. The third kappa shape index (κ3) is 1680. The molecule has 0 aliphatic heterocycles. The molecule has 0 aliphatic carbocycles. The van der Waals surface area contributed by atoms with Gasteiger partial charge in [0.2, 0.25) is 0 Å². The van der Waals surface area contributed by atoms with Gasteiger partial charge in [-0.1, -0.05) is 57.0 Å². The van der Waals surface area contributed by atoms with E-state index >= 15 is 0 Å². The van der Waals surface area contributed by atoms with E-state index in [4.69, 9.17) is 14.1 Å². The summed E-state index contributed by atoms with van der Waals surface area (Å²) in [5.74, 6) is 1.25. The molecule has 0 unspecified atom stereocenters. The third-order valence-corrected chi connectivity index (χ3v) is 0. The van der Waals surface area contributed by atoms with Gasteiger partial charge in [-0.2, -0.15) is 0 Å². The molecule has 0 atom stereocenters. The second kappa shape index (κ2) is 4400. The van der Waals surface area contributed by atoms with Crippen LogP contribution in [0.15, 0.2) is 13.2 Å². The van der Waals surface area contributed by atoms with E-state index in [0.717, 1.165) is 0 Å². The first-order valence-corrected chi connectivity index (χ1v) is 1.93. The molecule has 0 spiro atoms. The van der Waals surface area contributed by atoms with Gasteiger partial charge in [-0.25, -0.2) is 4.79 Å². The topological polar surface area (TPSA) is 56.9 Å². The van der Waals surface area contributed by atoms with Crippen molar-refractivity contribution in [1.82, 2.24) is 0 Å². The summed E-state index contributed by atoms with van der Waals surface area (Å²) in [6.07, 6.45) is 0. The molecule has 0 aliphatic rings. The Hall–Kier alpha value is -1.20. The number of thiocarbonyl (C=S) groups is 1. The van der Waals surface area contributed by atoms with E-state index in [2.05, 4.69) is 43.7 Å². The van der Waals surface area contributed by atoms with Crippen molar-refractivity contribution in [3.63, 3.8) is 0 Å². The molecule has 0 aromatic carbocycles. The second-order valence-electron chi connectivity index (χ2n) is 0.289. The van der Waals surface area contributed by atoms with Crippen molar-refractivity contribution in [1.29, 1.82) is 0 Å². The zero-order valence-corrected chi connectivity index (χ0v) is 5.86. The van der Waals surface area contributed by atoms with E-state index in [1.807, 2.05) is 0 Å². The summed E-state index contributed by atoms with van der Waals surface area (Å²) in [6, 6.07) is 0. The first-order valence-electron chi connectivity index (χ1n) is 1.52. The predicted octanol–water partition coefficient (Wildman–Crippen LogP) is 5.15. The Morgan fingerprint density at radius 3 is 0.765 bits per heavy atom. The van der Waals surface area contributed by atoms with Crippen LogP contribution in [0.3, 0.4) is 0 Å². The van der Waals surface area contributed by atoms with Gasteiger partial charge in [0.05, 0.1) is 0 Å². The van der Waals surface area contributed by atoms with E-state index in [9.17, 15) is 0 Å². The summed E-state index contributed by atoms with van der Waals surface area (Å²) in [7, 11) is 0. The van der Waals surface area contributed by atoms with Crippen LogP contribution >= 0.6 is 12.2 Å². The SMILES string of the molecule is C.C.C.C.C.C.C.C=C=O.C=C=S.[C-]#[O+].[C-]#[O+]. The summed E-state index contributed by atoms with van der Waals surface area (Å²) in [4.78, 5) is 8.57. The Balaban J connectivity index is -0.00000000279. The average Bonchev–Trinajstić information content (AvgIpc) is 1.99. The molecule has 0 saturated heterocycles. The molecule has 0 saturated carbocycles. The molecule has 0 bridgehead atoms. The van der Waals surface area contributed by atoms with Crippen LogP contribution in [0.1, 0.15) is 52.0 Å². The average molecular weight is 268 g/mol. The number of rotatable bonds is 0. The van der Waals surface area contributed by atoms with Crippen molar-refractivity contribution in [3.8, 4) is 0 Å². The summed E-state index contributed by atoms with van der Waals surface area (Å²) in [5.41, 5.74) is 0. The van der Waals surface area contributed by atoms with Gasteiger partial charge in [-0.05, 0) is 25.4 Å². The summed E-state index contributed by atoms with van der Waals surface area (Å²) < 4.78 is 15.0. The van der Waals surface area contributed by atoms with Gasteiger partial charge in [0.25, 0.3) is 0 Å². The third-order valence-electron chi connectivity index (χ3n) is 0. The minimum atomic E-state index is 0. The monoisotopic (exact) mass is 268 g/mol. The molecule has 108 valence electrons. The van der Waals surface area contributed by atoms with Gasteiger partial charge in [-0.3, -0.25) is 0 Å². The van der Waals surface area contributed by atoms with E-state index in [-0.39, 0.29) is 52.0 Å². The Kier molecular flexibility index (Phi) is 38900. The molecule has 0 N–H and O–H groups in total. The van der Waals surface area contributed by atoms with Gasteiger partial charge >= 0.3 is 22.6 Å². The van der Waals surface area contributed by atoms with Gasteiger partial charge in [0.15, 0.2) is 0 Å². The van der Waals surface area contributed by atoms with Crippen LogP contribution in [0.5, 0.6) is 0 Å². The summed E-state index contributed by atoms with van der Waals surface area (Å²) in [5, 5.41) is 2.08. The molecule has 3 nitrogen and oxygen atoms in total. The van der Waals surface area contributed by atoms with Gasteiger partial charge in [0, 0.05) is 0 Å². The summed E-state index contributed by atoms with van der Waals surface area (Å²) in [6.45, 7) is 14.7. The van der Waals surface area contributed by atoms with Crippen molar-refractivity contribution in [2.75, 3.05) is 0 Å². The number of hydrogen-bond donors (Lipinski definition) is 0. The van der Waals surface area contributed by atoms with E-state index in [1.165, 1.54) is 5.94 Å². The van der Waals surface area contributed by atoms with Crippen molar-refractivity contribution < 1.29 is 14.1 Å². The van der Waals surface area contributed by atoms with Gasteiger partial charge in [-0.15, -0.1) is 0 Å². The molecule has 0 aromatic rings. The first-order chi connectivity index (χ1) is 4.83. The van der Waals surface area contributed by atoms with Crippen LogP contribution in [0.2, 0.25) is 0 Å².